The Morgan fingerprint density at radius 3 is 2.48 bits per heavy atom. The number of aliphatic hydroxyl groups excluding tert-OH is 2. The number of H-pyrrole nitrogens is 2. The van der Waals surface area contributed by atoms with Crippen molar-refractivity contribution in [1.82, 2.24) is 15.3 Å². The molecule has 0 saturated heterocycles. The molecule has 2 aromatic carbocycles. The van der Waals surface area contributed by atoms with Crippen LogP contribution in [-0.2, 0) is 27.5 Å². The molecule has 3 rings (SSSR count). The predicted octanol–water partition coefficient (Wildman–Crippen LogP) is 2.44. The fourth-order valence-corrected chi connectivity index (χ4v) is 3.97. The van der Waals surface area contributed by atoms with Crippen molar-refractivity contribution >= 4 is 5.97 Å². The molecule has 1 heterocycles. The average molecular weight is 588 g/mol. The molecule has 0 aliphatic rings. The van der Waals surface area contributed by atoms with Crippen molar-refractivity contribution in [2.45, 2.75) is 51.9 Å². The molecule has 0 aliphatic carbocycles. The number of carboxylic acids is 1. The lowest BCUT2D eigenvalue weighted by molar-refractivity contribution is -0.134. The van der Waals surface area contributed by atoms with Crippen molar-refractivity contribution in [3.05, 3.63) is 86.2 Å². The van der Waals surface area contributed by atoms with Gasteiger partial charge in [-0.2, -0.15) is 0 Å². The Morgan fingerprint density at radius 1 is 1.00 bits per heavy atom. The van der Waals surface area contributed by atoms with Crippen LogP contribution in [0.4, 0.5) is 0 Å². The highest BCUT2D eigenvalue weighted by Crippen LogP contribution is 2.22. The molecule has 0 spiro atoms. The Morgan fingerprint density at radius 2 is 1.74 bits per heavy atom. The van der Waals surface area contributed by atoms with E-state index < -0.39 is 23.3 Å². The second kappa shape index (κ2) is 19.3. The van der Waals surface area contributed by atoms with Crippen LogP contribution in [0, 0.1) is 0 Å². The first-order chi connectivity index (χ1) is 20.2. The third-order valence-electron chi connectivity index (χ3n) is 6.09. The lowest BCUT2D eigenvalue weighted by atomic mass is 10.1. The molecule has 0 unspecified atom stereocenters. The van der Waals surface area contributed by atoms with Crippen LogP contribution in [0.25, 0.3) is 11.1 Å². The molecular weight excluding hydrogens is 546 g/mol. The zero-order valence-corrected chi connectivity index (χ0v) is 23.8. The van der Waals surface area contributed by atoms with Crippen LogP contribution in [0.1, 0.15) is 55.4 Å². The molecule has 0 saturated carbocycles. The summed E-state index contributed by atoms with van der Waals surface area (Å²) in [5.41, 5.74) is 2.13. The van der Waals surface area contributed by atoms with Crippen LogP contribution in [0.2, 0.25) is 0 Å². The second-order valence-corrected chi connectivity index (χ2v) is 9.55. The molecule has 1 aromatic heterocycles. The predicted molar refractivity (Wildman–Crippen MR) is 157 cm³/mol. The van der Waals surface area contributed by atoms with Crippen molar-refractivity contribution in [2.75, 3.05) is 32.9 Å². The summed E-state index contributed by atoms with van der Waals surface area (Å²) in [6, 6.07) is 12.2. The number of aromatic amines is 2. The van der Waals surface area contributed by atoms with Gasteiger partial charge in [0.05, 0.1) is 38.1 Å². The standard InChI is InChI=1S/C28H37N3O7.C2H4O2/c32-18-23-15-22(8-9-25(23)33)26(34)17-29-10-3-1-2-4-11-37-12-13-38-19-20-6-5-7-21(14-20)24-16-30-28(36)31-27(24)35;1-2(3)4/h5-9,14-16,26,29,32-34H,1-4,10-13,17-19H2,(H2,30,31,35,36);1H3,(H,3,4)/t26-;/m0./s1. The number of nitrogens with one attached hydrogen (secondary N) is 3. The summed E-state index contributed by atoms with van der Waals surface area (Å²) in [5, 5.41) is 39.8. The molecule has 0 aliphatic heterocycles. The minimum atomic E-state index is -0.833. The topological polar surface area (TPSA) is 194 Å². The highest BCUT2D eigenvalue weighted by molar-refractivity contribution is 5.63. The van der Waals surface area contributed by atoms with E-state index in [4.69, 9.17) is 19.4 Å². The molecule has 230 valence electrons. The van der Waals surface area contributed by atoms with Gasteiger partial charge in [0.15, 0.2) is 0 Å². The van der Waals surface area contributed by atoms with Crippen molar-refractivity contribution < 1.29 is 34.7 Å². The monoisotopic (exact) mass is 587 g/mol. The van der Waals surface area contributed by atoms with Gasteiger partial charge in [-0.1, -0.05) is 37.1 Å². The van der Waals surface area contributed by atoms with Crippen molar-refractivity contribution in [3.8, 4) is 16.9 Å². The molecule has 0 fully saturated rings. The Kier molecular flexibility index (Phi) is 15.8. The molecule has 12 heteroatoms. The molecule has 0 amide bonds. The Labute approximate surface area is 244 Å². The summed E-state index contributed by atoms with van der Waals surface area (Å²) < 4.78 is 11.3. The zero-order chi connectivity index (χ0) is 30.7. The number of rotatable bonds is 17. The third kappa shape index (κ3) is 13.2. The molecule has 0 radical (unpaired) electrons. The van der Waals surface area contributed by atoms with Gasteiger partial charge in [-0.15, -0.1) is 0 Å². The normalized spacial score (nSPS) is 11.5. The summed E-state index contributed by atoms with van der Waals surface area (Å²) in [5.74, 6) is -0.807. The van der Waals surface area contributed by atoms with E-state index in [1.54, 1.807) is 18.2 Å². The second-order valence-electron chi connectivity index (χ2n) is 9.55. The summed E-state index contributed by atoms with van der Waals surface area (Å²) >= 11 is 0. The van der Waals surface area contributed by atoms with Crippen LogP contribution in [-0.4, -0.2) is 69.3 Å². The number of carboxylic acid groups (broad SMARTS) is 1. The maximum absolute atomic E-state index is 12.0. The van der Waals surface area contributed by atoms with E-state index in [1.165, 1.54) is 12.3 Å². The largest absolute Gasteiger partial charge is 0.508 e. The number of aliphatic hydroxyl groups is 2. The van der Waals surface area contributed by atoms with E-state index in [0.717, 1.165) is 44.7 Å². The van der Waals surface area contributed by atoms with Crippen molar-refractivity contribution in [2.24, 2.45) is 0 Å². The first-order valence-corrected chi connectivity index (χ1v) is 13.8. The van der Waals surface area contributed by atoms with Crippen LogP contribution in [0.3, 0.4) is 0 Å². The van der Waals surface area contributed by atoms with Gasteiger partial charge in [0.1, 0.15) is 5.75 Å². The number of aliphatic carboxylic acids is 1. The van der Waals surface area contributed by atoms with Crippen LogP contribution in [0.15, 0.2) is 58.3 Å². The minimum absolute atomic E-state index is 0.0265. The SMILES string of the molecule is CC(=O)O.O=c1[nH]cc(-c2cccc(COCCOCCCCCCNC[C@H](O)c3ccc(O)c(CO)c3)c2)c(=O)[nH]1. The Hall–Kier alpha value is -3.81. The Balaban J connectivity index is 0.00000144. The smallest absolute Gasteiger partial charge is 0.325 e. The van der Waals surface area contributed by atoms with Gasteiger partial charge in [0.25, 0.3) is 11.5 Å². The Bertz CT molecular complexity index is 1340. The quantitative estimate of drug-likeness (QED) is 0.115. The molecule has 7 N–H and O–H groups in total. The third-order valence-corrected chi connectivity index (χ3v) is 6.09. The van der Waals surface area contributed by atoms with Crippen molar-refractivity contribution in [1.29, 1.82) is 0 Å². The van der Waals surface area contributed by atoms with E-state index in [-0.39, 0.29) is 12.4 Å². The number of carbonyl (C=O) groups is 1. The highest BCUT2D eigenvalue weighted by atomic mass is 16.5. The lowest BCUT2D eigenvalue weighted by Gasteiger charge is -2.14. The number of phenols is 1. The van der Waals surface area contributed by atoms with Gasteiger partial charge in [-0.25, -0.2) is 4.79 Å². The molecule has 42 heavy (non-hydrogen) atoms. The van der Waals surface area contributed by atoms with Crippen LogP contribution < -0.4 is 16.6 Å². The number of aromatic hydroxyl groups is 1. The number of hydrogen-bond acceptors (Lipinski definition) is 9. The van der Waals surface area contributed by atoms with E-state index >= 15 is 0 Å². The first kappa shape index (κ1) is 34.4. The van der Waals surface area contributed by atoms with E-state index in [0.29, 0.717) is 55.2 Å². The molecule has 3 aromatic rings. The average Bonchev–Trinajstić information content (AvgIpc) is 2.95. The van der Waals surface area contributed by atoms with E-state index in [2.05, 4.69) is 15.3 Å². The minimum Gasteiger partial charge on any atom is -0.508 e. The van der Waals surface area contributed by atoms with E-state index in [9.17, 15) is 24.9 Å². The molecule has 12 nitrogen and oxygen atoms in total. The fourth-order valence-electron chi connectivity index (χ4n) is 3.97. The maximum Gasteiger partial charge on any atom is 0.325 e. The number of aromatic nitrogens is 2. The molecule has 1 atom stereocenters. The van der Waals surface area contributed by atoms with Crippen molar-refractivity contribution in [3.63, 3.8) is 0 Å². The maximum atomic E-state index is 12.0. The number of ether oxygens (including phenoxy) is 2. The number of hydrogen-bond donors (Lipinski definition) is 7. The first-order valence-electron chi connectivity index (χ1n) is 13.8. The summed E-state index contributed by atoms with van der Waals surface area (Å²) in [6.45, 7) is 4.08. The summed E-state index contributed by atoms with van der Waals surface area (Å²) in [7, 11) is 0. The summed E-state index contributed by atoms with van der Waals surface area (Å²) in [6.07, 6.45) is 4.79. The number of benzene rings is 2. The summed E-state index contributed by atoms with van der Waals surface area (Å²) in [4.78, 5) is 36.9. The van der Waals surface area contributed by atoms with Crippen LogP contribution >= 0.6 is 0 Å². The van der Waals surface area contributed by atoms with Gasteiger partial charge in [-0.05, 0) is 54.3 Å². The fraction of sp³-hybridized carbons (Fsp3) is 0.433. The molecular formula is C30H41N3O9. The van der Waals surface area contributed by atoms with Gasteiger partial charge in [-0.3, -0.25) is 14.6 Å². The number of unbranched alkanes of at least 4 members (excludes halogenated alkanes) is 3. The van der Waals surface area contributed by atoms with Gasteiger partial charge in [0, 0.05) is 31.8 Å². The van der Waals surface area contributed by atoms with Crippen LogP contribution in [0.5, 0.6) is 5.75 Å². The lowest BCUT2D eigenvalue weighted by Crippen LogP contribution is -2.22. The van der Waals surface area contributed by atoms with Gasteiger partial charge >= 0.3 is 5.69 Å². The van der Waals surface area contributed by atoms with E-state index in [1.807, 2.05) is 18.2 Å². The zero-order valence-electron chi connectivity index (χ0n) is 23.8. The highest BCUT2D eigenvalue weighted by Gasteiger charge is 2.10. The molecule has 0 bridgehead atoms. The van der Waals surface area contributed by atoms with Gasteiger partial charge < -0.3 is 40.2 Å². The van der Waals surface area contributed by atoms with Gasteiger partial charge in [0.2, 0.25) is 0 Å².